The van der Waals surface area contributed by atoms with Gasteiger partial charge < -0.3 is 14.9 Å². The zero-order chi connectivity index (χ0) is 14.9. The van der Waals surface area contributed by atoms with Crippen molar-refractivity contribution in [3.63, 3.8) is 0 Å². The van der Waals surface area contributed by atoms with Crippen LogP contribution in [0.5, 0.6) is 0 Å². The van der Waals surface area contributed by atoms with Crippen LogP contribution in [0.3, 0.4) is 0 Å². The lowest BCUT2D eigenvalue weighted by Gasteiger charge is -2.23. The van der Waals surface area contributed by atoms with Gasteiger partial charge >= 0.3 is 0 Å². The Bertz CT molecular complexity index is 630. The van der Waals surface area contributed by atoms with E-state index in [0.717, 1.165) is 24.2 Å². The van der Waals surface area contributed by atoms with E-state index in [-0.39, 0.29) is 18.1 Å². The third-order valence-corrected chi connectivity index (χ3v) is 3.73. The summed E-state index contributed by atoms with van der Waals surface area (Å²) in [5, 5.41) is 16.9. The van der Waals surface area contributed by atoms with Gasteiger partial charge in [-0.2, -0.15) is 0 Å². The molecule has 21 heavy (non-hydrogen) atoms. The van der Waals surface area contributed by atoms with Crippen LogP contribution in [0, 0.1) is 0 Å². The van der Waals surface area contributed by atoms with Crippen molar-refractivity contribution in [1.29, 1.82) is 0 Å². The van der Waals surface area contributed by atoms with Gasteiger partial charge in [0, 0.05) is 12.0 Å². The lowest BCUT2D eigenvalue weighted by atomic mass is 9.96. The van der Waals surface area contributed by atoms with Gasteiger partial charge in [0.1, 0.15) is 11.4 Å². The first-order valence-corrected chi connectivity index (χ1v) is 7.09. The van der Waals surface area contributed by atoms with E-state index in [1.54, 1.807) is 13.0 Å². The normalized spacial score (nSPS) is 17.2. The first kappa shape index (κ1) is 13.8. The maximum atomic E-state index is 12.0. The molecule has 1 amide bonds. The largest absolute Gasteiger partial charge is 0.384 e. The average molecular weight is 286 g/mol. The van der Waals surface area contributed by atoms with Gasteiger partial charge in [-0.25, -0.2) is 0 Å². The van der Waals surface area contributed by atoms with Crippen molar-refractivity contribution in [1.82, 2.24) is 10.5 Å². The Kier molecular flexibility index (Phi) is 3.51. The van der Waals surface area contributed by atoms with Crippen molar-refractivity contribution in [3.05, 3.63) is 53.4 Å². The molecule has 0 spiro atoms. The first-order valence-electron chi connectivity index (χ1n) is 7.09. The number of rotatable bonds is 5. The molecule has 1 saturated carbocycles. The van der Waals surface area contributed by atoms with E-state index in [9.17, 15) is 9.90 Å². The summed E-state index contributed by atoms with van der Waals surface area (Å²) >= 11 is 0. The molecule has 1 aromatic carbocycles. The lowest BCUT2D eigenvalue weighted by Crippen LogP contribution is -2.38. The summed E-state index contributed by atoms with van der Waals surface area (Å²) in [5.41, 5.74) is -0.107. The zero-order valence-electron chi connectivity index (χ0n) is 11.9. The SMILES string of the molecule is CC(O)(CNC(=O)c1cc(C2CC2)on1)c1ccccc1. The molecule has 1 aliphatic rings. The van der Waals surface area contributed by atoms with E-state index >= 15 is 0 Å². The molecule has 0 radical (unpaired) electrons. The fraction of sp³-hybridized carbons (Fsp3) is 0.375. The summed E-state index contributed by atoms with van der Waals surface area (Å²) in [5.74, 6) is 0.864. The molecule has 0 saturated heterocycles. The van der Waals surface area contributed by atoms with Gasteiger partial charge in [-0.3, -0.25) is 4.79 Å². The molecule has 110 valence electrons. The minimum atomic E-state index is -1.13. The molecule has 1 atom stereocenters. The minimum Gasteiger partial charge on any atom is -0.384 e. The van der Waals surface area contributed by atoms with E-state index in [4.69, 9.17) is 4.52 Å². The van der Waals surface area contributed by atoms with Gasteiger partial charge in [0.05, 0.1) is 6.54 Å². The maximum absolute atomic E-state index is 12.0. The highest BCUT2D eigenvalue weighted by atomic mass is 16.5. The Hall–Kier alpha value is -2.14. The number of aliphatic hydroxyl groups is 1. The van der Waals surface area contributed by atoms with E-state index in [1.165, 1.54) is 0 Å². The Balaban J connectivity index is 1.62. The topological polar surface area (TPSA) is 75.4 Å². The number of carbonyl (C=O) groups is 1. The van der Waals surface area contributed by atoms with Crippen LogP contribution in [-0.2, 0) is 5.60 Å². The summed E-state index contributed by atoms with van der Waals surface area (Å²) in [7, 11) is 0. The molecule has 5 nitrogen and oxygen atoms in total. The fourth-order valence-electron chi connectivity index (χ4n) is 2.20. The second kappa shape index (κ2) is 5.33. The number of carbonyl (C=O) groups excluding carboxylic acids is 1. The summed E-state index contributed by atoms with van der Waals surface area (Å²) in [6.07, 6.45) is 2.19. The van der Waals surface area contributed by atoms with Crippen molar-refractivity contribution in [2.24, 2.45) is 0 Å². The fourth-order valence-corrected chi connectivity index (χ4v) is 2.20. The summed E-state index contributed by atoms with van der Waals surface area (Å²) in [6, 6.07) is 10.9. The van der Waals surface area contributed by atoms with Crippen LogP contribution in [0.25, 0.3) is 0 Å². The predicted molar refractivity (Wildman–Crippen MR) is 76.8 cm³/mol. The first-order chi connectivity index (χ1) is 10.1. The highest BCUT2D eigenvalue weighted by Crippen LogP contribution is 2.40. The highest BCUT2D eigenvalue weighted by molar-refractivity contribution is 5.92. The number of hydrogen-bond acceptors (Lipinski definition) is 4. The third-order valence-electron chi connectivity index (χ3n) is 3.73. The van der Waals surface area contributed by atoms with Gasteiger partial charge in [0.2, 0.25) is 0 Å². The minimum absolute atomic E-state index is 0.113. The van der Waals surface area contributed by atoms with E-state index < -0.39 is 5.60 Å². The van der Waals surface area contributed by atoms with Gasteiger partial charge in [0.15, 0.2) is 5.69 Å². The van der Waals surface area contributed by atoms with Gasteiger partial charge in [-0.05, 0) is 25.3 Å². The molecular formula is C16H18N2O3. The number of nitrogens with zero attached hydrogens (tertiary/aromatic N) is 1. The molecule has 3 rings (SSSR count). The molecule has 5 heteroatoms. The molecule has 1 fully saturated rings. The van der Waals surface area contributed by atoms with Gasteiger partial charge in [-0.1, -0.05) is 35.5 Å². The third kappa shape index (κ3) is 3.13. The number of hydrogen-bond donors (Lipinski definition) is 2. The zero-order valence-corrected chi connectivity index (χ0v) is 11.9. The van der Waals surface area contributed by atoms with Gasteiger partial charge in [-0.15, -0.1) is 0 Å². The van der Waals surface area contributed by atoms with Crippen LogP contribution in [0.2, 0.25) is 0 Å². The standard InChI is InChI=1S/C16H18N2O3/c1-16(20,12-5-3-2-4-6-12)10-17-15(19)13-9-14(21-18-13)11-7-8-11/h2-6,9,11,20H,7-8,10H2,1H3,(H,17,19). The predicted octanol–water partition coefficient (Wildman–Crippen LogP) is 2.19. The van der Waals surface area contributed by atoms with Crippen molar-refractivity contribution in [3.8, 4) is 0 Å². The molecular weight excluding hydrogens is 268 g/mol. The Morgan fingerprint density at radius 2 is 2.14 bits per heavy atom. The molecule has 2 N–H and O–H groups in total. The van der Waals surface area contributed by atoms with Crippen molar-refractivity contribution < 1.29 is 14.4 Å². The van der Waals surface area contributed by atoms with E-state index in [0.29, 0.717) is 5.92 Å². The van der Waals surface area contributed by atoms with E-state index in [1.807, 2.05) is 30.3 Å². The molecule has 1 aliphatic carbocycles. The van der Waals surface area contributed by atoms with Crippen LogP contribution in [0.1, 0.15) is 47.5 Å². The highest BCUT2D eigenvalue weighted by Gasteiger charge is 2.29. The quantitative estimate of drug-likeness (QED) is 0.883. The number of amides is 1. The summed E-state index contributed by atoms with van der Waals surface area (Å²) in [6.45, 7) is 1.78. The monoisotopic (exact) mass is 286 g/mol. The summed E-state index contributed by atoms with van der Waals surface area (Å²) in [4.78, 5) is 12.0. The second-order valence-electron chi connectivity index (χ2n) is 5.71. The van der Waals surface area contributed by atoms with Crippen molar-refractivity contribution in [2.45, 2.75) is 31.3 Å². The molecule has 0 aliphatic heterocycles. The smallest absolute Gasteiger partial charge is 0.273 e. The lowest BCUT2D eigenvalue weighted by molar-refractivity contribution is 0.0524. The molecule has 1 heterocycles. The number of benzene rings is 1. The maximum Gasteiger partial charge on any atom is 0.273 e. The Labute approximate surface area is 123 Å². The van der Waals surface area contributed by atoms with Crippen LogP contribution in [0.15, 0.2) is 40.9 Å². The van der Waals surface area contributed by atoms with Crippen LogP contribution in [-0.4, -0.2) is 22.7 Å². The molecule has 1 aromatic heterocycles. The number of aromatic nitrogens is 1. The second-order valence-corrected chi connectivity index (χ2v) is 5.71. The number of nitrogens with one attached hydrogen (secondary N) is 1. The molecule has 0 bridgehead atoms. The van der Waals surface area contributed by atoms with Crippen LogP contribution < -0.4 is 5.32 Å². The van der Waals surface area contributed by atoms with Crippen molar-refractivity contribution in [2.75, 3.05) is 6.54 Å². The Morgan fingerprint density at radius 3 is 2.81 bits per heavy atom. The van der Waals surface area contributed by atoms with E-state index in [2.05, 4.69) is 10.5 Å². The van der Waals surface area contributed by atoms with Crippen molar-refractivity contribution >= 4 is 5.91 Å². The van der Waals surface area contributed by atoms with Gasteiger partial charge in [0.25, 0.3) is 5.91 Å². The van der Waals surface area contributed by atoms with Crippen LogP contribution >= 0.6 is 0 Å². The average Bonchev–Trinajstić information content (AvgIpc) is 3.23. The summed E-state index contributed by atoms with van der Waals surface area (Å²) < 4.78 is 5.15. The molecule has 1 unspecified atom stereocenters. The Morgan fingerprint density at radius 1 is 1.43 bits per heavy atom. The molecule has 2 aromatic rings. The van der Waals surface area contributed by atoms with Crippen LogP contribution in [0.4, 0.5) is 0 Å².